The normalized spacial score (nSPS) is 26.5. The Balaban J connectivity index is 4.66. The van der Waals surface area contributed by atoms with Crippen LogP contribution in [0.1, 0.15) is 190 Å². The maximum absolute atomic E-state index is 15.8. The van der Waals surface area contributed by atoms with Crippen molar-refractivity contribution in [2.24, 2.45) is 41.4 Å². The number of nitrogens with zero attached hydrogens (tertiary/aromatic N) is 7. The van der Waals surface area contributed by atoms with Crippen LogP contribution < -0.4 is 21.3 Å². The van der Waals surface area contributed by atoms with E-state index in [-0.39, 0.29) is 68.6 Å². The molecule has 1 heterocycles. The monoisotopic (exact) mass is 1350 g/mol. The minimum Gasteiger partial charge on any atom is -0.411 e. The van der Waals surface area contributed by atoms with Crippen molar-refractivity contribution in [3.63, 3.8) is 0 Å². The molecule has 1 aliphatic rings. The lowest BCUT2D eigenvalue weighted by Gasteiger charge is -2.46. The molecule has 0 bridgehead atoms. The number of aldehydes is 1. The van der Waals surface area contributed by atoms with Crippen LogP contribution >= 0.6 is 0 Å². The Morgan fingerprint density at radius 2 is 0.830 bits per heavy atom. The highest BCUT2D eigenvalue weighted by Crippen LogP contribution is 2.40. The van der Waals surface area contributed by atoms with Crippen molar-refractivity contribution in [3.05, 3.63) is 0 Å². The zero-order chi connectivity index (χ0) is 73.3. The molecule has 0 spiro atoms. The molecule has 1 saturated heterocycles. The van der Waals surface area contributed by atoms with E-state index in [1.807, 2.05) is 96.2 Å². The third kappa shape index (κ3) is 23.1. The molecule has 24 nitrogen and oxygen atoms in total. The zero-order valence-electron chi connectivity index (χ0n) is 63.1. The maximum atomic E-state index is 15.8. The van der Waals surface area contributed by atoms with E-state index in [9.17, 15) is 28.8 Å². The molecule has 540 valence electrons. The van der Waals surface area contributed by atoms with E-state index in [1.54, 1.807) is 41.5 Å². The van der Waals surface area contributed by atoms with E-state index in [2.05, 4.69) is 21.3 Å². The predicted molar refractivity (Wildman–Crippen MR) is 370 cm³/mol. The fourth-order valence-electron chi connectivity index (χ4n) is 11.9. The molecule has 0 aromatic carbocycles. The van der Waals surface area contributed by atoms with Gasteiger partial charge in [0.25, 0.3) is 0 Å². The van der Waals surface area contributed by atoms with Crippen LogP contribution in [0.5, 0.6) is 0 Å². The lowest BCUT2D eigenvalue weighted by Crippen LogP contribution is -2.65. The Labute approximate surface area is 566 Å². The Morgan fingerprint density at radius 3 is 1.24 bits per heavy atom. The van der Waals surface area contributed by atoms with E-state index in [4.69, 9.17) is 4.43 Å². The van der Waals surface area contributed by atoms with Gasteiger partial charge >= 0.3 is 0 Å². The van der Waals surface area contributed by atoms with Crippen molar-refractivity contribution in [1.29, 1.82) is 0 Å². The molecule has 25 heteroatoms. The molecule has 4 N–H and O–H groups in total. The third-order valence-corrected chi connectivity index (χ3v) is 23.3. The van der Waals surface area contributed by atoms with Gasteiger partial charge < -0.3 is 64.8 Å². The van der Waals surface area contributed by atoms with Crippen LogP contribution in [0.3, 0.4) is 0 Å². The lowest BCUT2D eigenvalue weighted by atomic mass is 9.91. The van der Waals surface area contributed by atoms with Gasteiger partial charge in [-0.2, -0.15) is 0 Å². The molecule has 0 unspecified atom stereocenters. The molecule has 94 heavy (non-hydrogen) atoms. The highest BCUT2D eigenvalue weighted by Gasteiger charge is 2.50. The van der Waals surface area contributed by atoms with Crippen molar-refractivity contribution in [3.8, 4) is 0 Å². The number of carbonyl (C=O) groups excluding carboxylic acids is 12. The summed E-state index contributed by atoms with van der Waals surface area (Å²) in [7, 11) is 7.29. The molecule has 1 fully saturated rings. The second kappa shape index (κ2) is 37.5. The number of nitrogens with one attached hydrogen (secondary N) is 4. The van der Waals surface area contributed by atoms with Crippen molar-refractivity contribution >= 4 is 79.6 Å². The van der Waals surface area contributed by atoms with E-state index >= 15 is 28.8 Å². The minimum atomic E-state index is -2.90. The summed E-state index contributed by atoms with van der Waals surface area (Å²) in [6.45, 7) is 40.2. The Hall–Kier alpha value is -5.98. The van der Waals surface area contributed by atoms with Crippen LogP contribution in [0.25, 0.3) is 0 Å². The molecule has 11 amide bonds. The summed E-state index contributed by atoms with van der Waals surface area (Å²) in [5, 5.41) is 10.8. The minimum absolute atomic E-state index is 0.0152. The summed E-state index contributed by atoms with van der Waals surface area (Å²) in [5.74, 6) is -9.69. The summed E-state index contributed by atoms with van der Waals surface area (Å²) >= 11 is 0. The van der Waals surface area contributed by atoms with E-state index < -0.39 is 169 Å². The van der Waals surface area contributed by atoms with Crippen LogP contribution in [-0.2, 0) is 62.0 Å². The molecule has 1 aliphatic heterocycles. The first kappa shape index (κ1) is 86.0. The van der Waals surface area contributed by atoms with Gasteiger partial charge in [-0.15, -0.1) is 0 Å². The van der Waals surface area contributed by atoms with Crippen LogP contribution in [0.15, 0.2) is 0 Å². The van der Waals surface area contributed by atoms with Gasteiger partial charge in [-0.25, -0.2) is 0 Å². The quantitative estimate of drug-likeness (QED) is 0.0843. The van der Waals surface area contributed by atoms with Crippen molar-refractivity contribution in [2.45, 2.75) is 281 Å². The fraction of sp³-hybridized carbons (Fsp3) is 0.826. The number of likely N-dealkylation sites (N-methyl/N-ethyl adjacent to an activating group) is 7. The standard InChI is InChI=1S/C69H127N11O13Si/c1-30-32-49-64(88)75(22)51(36-40(5)6)60(84)73-54(43(11)12)67(91)76(23)50(35-39(3)4)59(83)70-46(16)58(82)71-47(17)62(86)77(24)52(37-41(7)8)65(89)78(25)53(38-42(9)10)66(90)79(26)55(44(13)14)68(92)80(27)56(61(85)72-48(31-2)63(87)74(49)21)57(45(15)33-34-81)93-94(28,29)69(18,19)20/h34,39-57H,30-33,35-38H2,1-29H3,(H,70,83)(H,71,82)(H,72,85)(H,73,84)/t45-,46+,47-,48+,49-,50+,51+,52+,53+,54+,55+,56+,57-/m1/s1. The lowest BCUT2D eigenvalue weighted by molar-refractivity contribution is -0.157. The van der Waals surface area contributed by atoms with Crippen molar-refractivity contribution in [2.75, 3.05) is 49.3 Å². The fourth-order valence-corrected chi connectivity index (χ4v) is 13.3. The molecule has 13 atom stereocenters. The number of hydrogen-bond acceptors (Lipinski definition) is 13. The zero-order valence-corrected chi connectivity index (χ0v) is 64.1. The SMILES string of the molecule is CCC[C@@H]1C(=O)N(C)[C@@H](CC(C)C)C(=O)N[C@@H](C(C)C)C(=O)N(C)[C@@H](CC(C)C)C(=O)N[C@@H](C)C(=O)N[C@H](C)C(=O)N(C)[C@@H](CC(C)C)C(=O)N(C)[C@@H](CC(C)C)C(=O)N(C)[C@@H](C(C)C)C(=O)N(C)[C@@H]([C@H](O[Si](C)(C)C(C)(C)C)[C@H](C)CC=O)C(=O)N[C@@H](CC)C(=O)N1C. The van der Waals surface area contributed by atoms with Crippen LogP contribution in [-0.4, -0.2) is 236 Å². The van der Waals surface area contributed by atoms with Gasteiger partial charge in [-0.05, 0) is 112 Å². The van der Waals surface area contributed by atoms with E-state index in [0.29, 0.717) is 12.7 Å². The average molecular weight is 1350 g/mol. The van der Waals surface area contributed by atoms with Crippen LogP contribution in [0.4, 0.5) is 0 Å². The van der Waals surface area contributed by atoms with Crippen LogP contribution in [0, 0.1) is 41.4 Å². The highest BCUT2D eigenvalue weighted by atomic mass is 28.4. The van der Waals surface area contributed by atoms with Gasteiger partial charge in [0.1, 0.15) is 72.7 Å². The van der Waals surface area contributed by atoms with Crippen molar-refractivity contribution < 1.29 is 62.0 Å². The topological polar surface area (TPSA) is 285 Å². The molecule has 0 radical (unpaired) electrons. The largest absolute Gasteiger partial charge is 0.411 e. The van der Waals surface area contributed by atoms with E-state index in [0.717, 1.165) is 0 Å². The van der Waals surface area contributed by atoms with Gasteiger partial charge in [0.2, 0.25) is 65.0 Å². The molecular formula is C69H127N11O13Si. The summed E-state index contributed by atoms with van der Waals surface area (Å²) in [4.78, 5) is 186. The molecule has 0 aromatic rings. The van der Waals surface area contributed by atoms with Gasteiger partial charge in [-0.1, -0.05) is 131 Å². The molecule has 0 saturated carbocycles. The predicted octanol–water partition coefficient (Wildman–Crippen LogP) is 6.09. The first-order chi connectivity index (χ1) is 43.1. The van der Waals surface area contributed by atoms with Gasteiger partial charge in [0, 0.05) is 55.8 Å². The summed E-state index contributed by atoms with van der Waals surface area (Å²) < 4.78 is 7.14. The Bertz CT molecular complexity index is 2590. The number of carbonyl (C=O) groups is 12. The average Bonchev–Trinajstić information content (AvgIpc) is 0.792. The van der Waals surface area contributed by atoms with E-state index in [1.165, 1.54) is 97.5 Å². The Kier molecular flexibility index (Phi) is 34.3. The summed E-state index contributed by atoms with van der Waals surface area (Å²) in [6.07, 6.45) is 0.649. The van der Waals surface area contributed by atoms with Crippen molar-refractivity contribution in [1.82, 2.24) is 55.6 Å². The van der Waals surface area contributed by atoms with Crippen LogP contribution in [0.2, 0.25) is 18.1 Å². The number of hydrogen-bond donors (Lipinski definition) is 4. The highest BCUT2D eigenvalue weighted by molar-refractivity contribution is 6.74. The Morgan fingerprint density at radius 1 is 0.447 bits per heavy atom. The third-order valence-electron chi connectivity index (χ3n) is 18.9. The van der Waals surface area contributed by atoms with Gasteiger partial charge in [-0.3, -0.25) is 52.7 Å². The first-order valence-corrected chi connectivity index (χ1v) is 37.2. The summed E-state index contributed by atoms with van der Waals surface area (Å²) in [6, 6.07) is -13.6. The molecule has 0 aromatic heterocycles. The number of rotatable bonds is 19. The first-order valence-electron chi connectivity index (χ1n) is 34.3. The van der Waals surface area contributed by atoms with Gasteiger partial charge in [0.05, 0.1) is 6.10 Å². The smallest absolute Gasteiger partial charge is 0.246 e. The molecular weight excluding hydrogens is 1220 g/mol. The second-order valence-electron chi connectivity index (χ2n) is 30.5. The van der Waals surface area contributed by atoms with Gasteiger partial charge in [0.15, 0.2) is 8.32 Å². The molecule has 0 aliphatic carbocycles. The summed E-state index contributed by atoms with van der Waals surface area (Å²) in [5.41, 5.74) is 0. The second-order valence-corrected chi connectivity index (χ2v) is 35.3. The maximum Gasteiger partial charge on any atom is 0.246 e. The molecule has 1 rings (SSSR count). The number of amides is 11.